The van der Waals surface area contributed by atoms with Gasteiger partial charge in [-0.1, -0.05) is 0 Å². The number of nitriles is 1. The summed E-state index contributed by atoms with van der Waals surface area (Å²) in [7, 11) is 0. The van der Waals surface area contributed by atoms with Gasteiger partial charge in [0.1, 0.15) is 23.8 Å². The molecule has 0 spiro atoms. The first-order valence-electron chi connectivity index (χ1n) is 7.38. The summed E-state index contributed by atoms with van der Waals surface area (Å²) in [6, 6.07) is 5.33. The van der Waals surface area contributed by atoms with Crippen molar-refractivity contribution in [2.75, 3.05) is 13.2 Å². The zero-order valence-corrected chi connectivity index (χ0v) is 13.2. The quantitative estimate of drug-likeness (QED) is 0.858. The summed E-state index contributed by atoms with van der Waals surface area (Å²) in [5.41, 5.74) is -0.121. The van der Waals surface area contributed by atoms with Gasteiger partial charge in [0.15, 0.2) is 0 Å². The highest BCUT2D eigenvalue weighted by molar-refractivity contribution is 5.69. The molecular formula is C16H21N3O3. The maximum absolute atomic E-state index is 12.2. The molecule has 22 heavy (non-hydrogen) atoms. The Morgan fingerprint density at radius 2 is 2.32 bits per heavy atom. The molecule has 0 N–H and O–H groups in total. The summed E-state index contributed by atoms with van der Waals surface area (Å²) < 4.78 is 11.1. The number of ether oxygens (including phenoxy) is 2. The molecule has 0 aromatic carbocycles. The van der Waals surface area contributed by atoms with Crippen LogP contribution in [0.3, 0.4) is 0 Å². The maximum atomic E-state index is 12.2. The van der Waals surface area contributed by atoms with Crippen LogP contribution in [-0.4, -0.2) is 40.8 Å². The molecule has 1 atom stereocenters. The van der Waals surface area contributed by atoms with Gasteiger partial charge in [0, 0.05) is 12.7 Å². The van der Waals surface area contributed by atoms with E-state index < -0.39 is 5.60 Å². The summed E-state index contributed by atoms with van der Waals surface area (Å²) >= 11 is 0. The highest BCUT2D eigenvalue weighted by atomic mass is 16.6. The molecule has 0 radical (unpaired) electrons. The maximum Gasteiger partial charge on any atom is 0.410 e. The molecule has 1 aliphatic heterocycles. The third-order valence-corrected chi connectivity index (χ3v) is 3.31. The minimum Gasteiger partial charge on any atom is -0.475 e. The molecule has 0 saturated carbocycles. The van der Waals surface area contributed by atoms with Gasteiger partial charge in [-0.15, -0.1) is 0 Å². The number of hydrogen-bond acceptors (Lipinski definition) is 5. The molecule has 2 heterocycles. The molecule has 118 valence electrons. The molecule has 1 aromatic rings. The Balaban J connectivity index is 1.97. The van der Waals surface area contributed by atoms with Crippen molar-refractivity contribution >= 4 is 6.09 Å². The van der Waals surface area contributed by atoms with Crippen molar-refractivity contribution in [3.8, 4) is 11.9 Å². The lowest BCUT2D eigenvalue weighted by Gasteiger charge is -2.28. The molecule has 1 amide bonds. The van der Waals surface area contributed by atoms with E-state index in [0.29, 0.717) is 24.6 Å². The third-order valence-electron chi connectivity index (χ3n) is 3.31. The van der Waals surface area contributed by atoms with Gasteiger partial charge in [0.05, 0.1) is 6.04 Å². The van der Waals surface area contributed by atoms with Crippen LogP contribution < -0.4 is 4.74 Å². The fourth-order valence-corrected chi connectivity index (χ4v) is 2.34. The van der Waals surface area contributed by atoms with Crippen molar-refractivity contribution in [2.45, 2.75) is 45.3 Å². The second-order valence-corrected chi connectivity index (χ2v) is 6.25. The number of rotatable bonds is 3. The molecule has 1 aliphatic rings. The van der Waals surface area contributed by atoms with Gasteiger partial charge < -0.3 is 14.4 Å². The van der Waals surface area contributed by atoms with E-state index >= 15 is 0 Å². The van der Waals surface area contributed by atoms with Gasteiger partial charge >= 0.3 is 6.09 Å². The number of hydrogen-bond donors (Lipinski definition) is 0. The molecule has 0 unspecified atom stereocenters. The number of amides is 1. The Labute approximate surface area is 130 Å². The van der Waals surface area contributed by atoms with Crippen molar-refractivity contribution in [1.82, 2.24) is 9.88 Å². The summed E-state index contributed by atoms with van der Waals surface area (Å²) in [6.45, 7) is 6.51. The molecule has 1 fully saturated rings. The van der Waals surface area contributed by atoms with E-state index in [1.54, 1.807) is 23.2 Å². The molecule has 1 saturated heterocycles. The number of carbonyl (C=O) groups is 1. The summed E-state index contributed by atoms with van der Waals surface area (Å²) in [5, 5.41) is 9.02. The van der Waals surface area contributed by atoms with Crippen LogP contribution in [0, 0.1) is 11.3 Å². The Kier molecular flexibility index (Phi) is 4.86. The lowest BCUT2D eigenvalue weighted by molar-refractivity contribution is 0.0185. The van der Waals surface area contributed by atoms with E-state index in [9.17, 15) is 4.79 Å². The molecule has 0 aliphatic carbocycles. The van der Waals surface area contributed by atoms with Crippen molar-refractivity contribution in [3.63, 3.8) is 0 Å². The Bertz CT molecular complexity index is 575. The lowest BCUT2D eigenvalue weighted by atomic mass is 10.2. The normalized spacial score (nSPS) is 17.9. The number of aromatic nitrogens is 1. The summed E-state index contributed by atoms with van der Waals surface area (Å²) in [5.74, 6) is 0.307. The minimum absolute atomic E-state index is 0.0524. The largest absolute Gasteiger partial charge is 0.475 e. The molecule has 1 aromatic heterocycles. The Hall–Kier alpha value is -2.29. The number of carbonyl (C=O) groups excluding carboxylic acids is 1. The predicted octanol–water partition coefficient (Wildman–Crippen LogP) is 2.73. The van der Waals surface area contributed by atoms with Gasteiger partial charge in [-0.25, -0.2) is 9.78 Å². The van der Waals surface area contributed by atoms with Gasteiger partial charge in [-0.2, -0.15) is 5.26 Å². The topological polar surface area (TPSA) is 75.4 Å². The smallest absolute Gasteiger partial charge is 0.410 e. The van der Waals surface area contributed by atoms with Crippen LogP contribution in [0.25, 0.3) is 0 Å². The lowest BCUT2D eigenvalue weighted by Crippen LogP contribution is -2.42. The summed E-state index contributed by atoms with van der Waals surface area (Å²) in [4.78, 5) is 17.9. The van der Waals surface area contributed by atoms with Crippen LogP contribution in [0.1, 0.15) is 39.2 Å². The molecule has 6 heteroatoms. The Morgan fingerprint density at radius 3 is 3.00 bits per heavy atom. The number of pyridine rings is 1. The van der Waals surface area contributed by atoms with Crippen molar-refractivity contribution in [3.05, 3.63) is 23.9 Å². The van der Waals surface area contributed by atoms with Gasteiger partial charge in [-0.3, -0.25) is 0 Å². The molecular weight excluding hydrogens is 282 g/mol. The van der Waals surface area contributed by atoms with Crippen molar-refractivity contribution < 1.29 is 14.3 Å². The van der Waals surface area contributed by atoms with E-state index in [0.717, 1.165) is 12.8 Å². The van der Waals surface area contributed by atoms with Gasteiger partial charge in [0.25, 0.3) is 0 Å². The highest BCUT2D eigenvalue weighted by Gasteiger charge is 2.32. The molecule has 0 bridgehead atoms. The van der Waals surface area contributed by atoms with Gasteiger partial charge in [-0.05, 0) is 45.7 Å². The average Bonchev–Trinajstić information content (AvgIpc) is 2.92. The van der Waals surface area contributed by atoms with Crippen LogP contribution in [0.4, 0.5) is 4.79 Å². The first kappa shape index (κ1) is 16.1. The van der Waals surface area contributed by atoms with E-state index in [1.807, 2.05) is 26.8 Å². The monoisotopic (exact) mass is 303 g/mol. The van der Waals surface area contributed by atoms with Crippen LogP contribution in [-0.2, 0) is 4.74 Å². The third kappa shape index (κ3) is 4.10. The van der Waals surface area contributed by atoms with E-state index in [-0.39, 0.29) is 12.1 Å². The first-order valence-corrected chi connectivity index (χ1v) is 7.38. The predicted molar refractivity (Wildman–Crippen MR) is 80.4 cm³/mol. The fourth-order valence-electron chi connectivity index (χ4n) is 2.34. The zero-order valence-electron chi connectivity index (χ0n) is 13.2. The van der Waals surface area contributed by atoms with E-state index in [1.165, 1.54) is 0 Å². The van der Waals surface area contributed by atoms with E-state index in [4.69, 9.17) is 14.7 Å². The average molecular weight is 303 g/mol. The van der Waals surface area contributed by atoms with Crippen LogP contribution >= 0.6 is 0 Å². The molecule has 6 nitrogen and oxygen atoms in total. The zero-order chi connectivity index (χ0) is 16.2. The highest BCUT2D eigenvalue weighted by Crippen LogP contribution is 2.22. The second-order valence-electron chi connectivity index (χ2n) is 6.25. The van der Waals surface area contributed by atoms with Crippen molar-refractivity contribution in [1.29, 1.82) is 5.26 Å². The van der Waals surface area contributed by atoms with Crippen LogP contribution in [0.5, 0.6) is 5.88 Å². The first-order chi connectivity index (χ1) is 10.4. The fraction of sp³-hybridized carbons (Fsp3) is 0.562. The summed E-state index contributed by atoms with van der Waals surface area (Å²) in [6.07, 6.45) is 3.03. The minimum atomic E-state index is -0.514. The molecule has 2 rings (SSSR count). The van der Waals surface area contributed by atoms with Gasteiger partial charge in [0.2, 0.25) is 5.88 Å². The Morgan fingerprint density at radius 1 is 1.55 bits per heavy atom. The van der Waals surface area contributed by atoms with Crippen molar-refractivity contribution in [2.24, 2.45) is 0 Å². The second kappa shape index (κ2) is 6.65. The number of likely N-dealkylation sites (tertiary alicyclic amines) is 1. The van der Waals surface area contributed by atoms with E-state index in [2.05, 4.69) is 4.98 Å². The SMILES string of the molecule is CC(C)(C)OC(=O)N1CCC[C@H]1COc1ncccc1C#N. The van der Waals surface area contributed by atoms with Crippen LogP contribution in [0.15, 0.2) is 18.3 Å². The van der Waals surface area contributed by atoms with Crippen LogP contribution in [0.2, 0.25) is 0 Å². The standard InChI is InChI=1S/C16H21N3O3/c1-16(2,3)22-15(20)19-9-5-7-13(19)11-21-14-12(10-17)6-4-8-18-14/h4,6,8,13H,5,7,9,11H2,1-3H3/t13-/m0/s1. The number of nitrogens with zero attached hydrogens (tertiary/aromatic N) is 3.